The second-order valence-corrected chi connectivity index (χ2v) is 8.18. The first kappa shape index (κ1) is 20.5. The molecule has 1 atom stereocenters. The highest BCUT2D eigenvalue weighted by Crippen LogP contribution is 2.17. The predicted octanol–water partition coefficient (Wildman–Crippen LogP) is 0.836. The number of sulfone groups is 1. The van der Waals surface area contributed by atoms with E-state index < -0.39 is 15.7 Å². The summed E-state index contributed by atoms with van der Waals surface area (Å²) in [5.41, 5.74) is -0.0197. The van der Waals surface area contributed by atoms with Crippen molar-refractivity contribution in [2.75, 3.05) is 38.3 Å². The quantitative estimate of drug-likeness (QED) is 0.353. The van der Waals surface area contributed by atoms with E-state index >= 15 is 0 Å². The van der Waals surface area contributed by atoms with Gasteiger partial charge in [-0.1, -0.05) is 13.3 Å². The van der Waals surface area contributed by atoms with E-state index in [1.807, 2.05) is 6.07 Å². The number of nitrogens with one attached hydrogen (secondary N) is 1. The molecular formula is C16H27N3O4S. The summed E-state index contributed by atoms with van der Waals surface area (Å²) in [6.07, 6.45) is 4.74. The van der Waals surface area contributed by atoms with Gasteiger partial charge in [0.2, 0.25) is 0 Å². The molecule has 0 saturated carbocycles. The smallest absolute Gasteiger partial charge is 0.263 e. The van der Waals surface area contributed by atoms with Crippen molar-refractivity contribution < 1.29 is 17.9 Å². The van der Waals surface area contributed by atoms with E-state index in [2.05, 4.69) is 12.2 Å². The molecule has 1 N–H and O–H groups in total. The van der Waals surface area contributed by atoms with Crippen LogP contribution in [-0.2, 0) is 19.4 Å². The molecule has 0 spiro atoms. The Kier molecular flexibility index (Phi) is 8.79. The van der Waals surface area contributed by atoms with Crippen LogP contribution in [0.5, 0.6) is 0 Å². The van der Waals surface area contributed by atoms with Gasteiger partial charge in [-0.05, 0) is 19.3 Å². The van der Waals surface area contributed by atoms with Gasteiger partial charge in [-0.2, -0.15) is 5.26 Å². The zero-order valence-electron chi connectivity index (χ0n) is 14.5. The highest BCUT2D eigenvalue weighted by Gasteiger charge is 2.30. The van der Waals surface area contributed by atoms with Gasteiger partial charge in [-0.3, -0.25) is 4.79 Å². The predicted molar refractivity (Wildman–Crippen MR) is 91.9 cm³/mol. The summed E-state index contributed by atoms with van der Waals surface area (Å²) < 4.78 is 28.4. The molecule has 1 saturated heterocycles. The lowest BCUT2D eigenvalue weighted by atomic mass is 10.2. The summed E-state index contributed by atoms with van der Waals surface area (Å²) >= 11 is 0. The number of unbranched alkanes of at least 4 members (excludes halogenated alkanes) is 1. The molecule has 1 heterocycles. The number of nitriles is 1. The largest absolute Gasteiger partial charge is 0.381 e. The number of rotatable bonds is 10. The first-order chi connectivity index (χ1) is 11.4. The zero-order chi connectivity index (χ0) is 18.0. The summed E-state index contributed by atoms with van der Waals surface area (Å²) in [5.74, 6) is -0.226. The number of ether oxygens (including phenoxy) is 1. The Morgan fingerprint density at radius 2 is 2.12 bits per heavy atom. The first-order valence-electron chi connectivity index (χ1n) is 8.30. The van der Waals surface area contributed by atoms with E-state index in [-0.39, 0.29) is 23.1 Å². The lowest BCUT2D eigenvalue weighted by molar-refractivity contribution is -0.117. The molecule has 24 heavy (non-hydrogen) atoms. The maximum Gasteiger partial charge on any atom is 0.263 e. The molecular weight excluding hydrogens is 330 g/mol. The van der Waals surface area contributed by atoms with E-state index in [0.29, 0.717) is 26.0 Å². The van der Waals surface area contributed by atoms with Crippen molar-refractivity contribution >= 4 is 15.7 Å². The van der Waals surface area contributed by atoms with Crippen molar-refractivity contribution in [1.82, 2.24) is 10.2 Å². The fraction of sp³-hybridized carbons (Fsp3) is 0.750. The molecule has 0 aromatic carbocycles. The number of hydrogen-bond acceptors (Lipinski definition) is 6. The summed E-state index contributed by atoms with van der Waals surface area (Å²) in [6.45, 7) is 3.83. The SMILES string of the molecule is CCCCOCCCNC(=O)/C(C#N)=C\N(C)C1CCS(=O)(=O)C1. The van der Waals surface area contributed by atoms with Crippen LogP contribution in [0.15, 0.2) is 11.8 Å². The average molecular weight is 357 g/mol. The summed E-state index contributed by atoms with van der Waals surface area (Å²) in [6, 6.07) is 1.69. The highest BCUT2D eigenvalue weighted by atomic mass is 32.2. The summed E-state index contributed by atoms with van der Waals surface area (Å²) in [4.78, 5) is 13.6. The van der Waals surface area contributed by atoms with Crippen molar-refractivity contribution in [3.05, 3.63) is 11.8 Å². The number of carbonyl (C=O) groups is 1. The molecule has 8 heteroatoms. The molecule has 0 bridgehead atoms. The molecule has 0 aromatic heterocycles. The van der Waals surface area contributed by atoms with Crippen LogP contribution in [0.25, 0.3) is 0 Å². The van der Waals surface area contributed by atoms with Crippen LogP contribution in [0.1, 0.15) is 32.6 Å². The first-order valence-corrected chi connectivity index (χ1v) is 10.1. The number of amides is 1. The number of hydrogen-bond donors (Lipinski definition) is 1. The Morgan fingerprint density at radius 1 is 1.42 bits per heavy atom. The Labute approximate surface area is 144 Å². The van der Waals surface area contributed by atoms with Gasteiger partial charge in [0.25, 0.3) is 5.91 Å². The molecule has 1 unspecified atom stereocenters. The maximum absolute atomic E-state index is 12.0. The van der Waals surface area contributed by atoms with Gasteiger partial charge in [-0.25, -0.2) is 8.42 Å². The zero-order valence-corrected chi connectivity index (χ0v) is 15.3. The Hall–Kier alpha value is -1.59. The Morgan fingerprint density at radius 3 is 2.71 bits per heavy atom. The molecule has 7 nitrogen and oxygen atoms in total. The van der Waals surface area contributed by atoms with Gasteiger partial charge in [0.15, 0.2) is 9.84 Å². The van der Waals surface area contributed by atoms with Gasteiger partial charge in [0.1, 0.15) is 11.6 Å². The van der Waals surface area contributed by atoms with E-state index in [1.165, 1.54) is 6.20 Å². The molecule has 1 amide bonds. The van der Waals surface area contributed by atoms with Gasteiger partial charge >= 0.3 is 0 Å². The minimum absolute atomic E-state index is 0.0197. The molecule has 1 rings (SSSR count). The minimum atomic E-state index is -3.00. The minimum Gasteiger partial charge on any atom is -0.381 e. The standard InChI is InChI=1S/C16H27N3O4S/c1-3-4-8-23-9-5-7-18-16(20)14(11-17)12-19(2)15-6-10-24(21,22)13-15/h12,15H,3-10,13H2,1-2H3,(H,18,20)/b14-12-. The van der Waals surface area contributed by atoms with Gasteiger partial charge in [-0.15, -0.1) is 0 Å². The van der Waals surface area contributed by atoms with Gasteiger partial charge < -0.3 is 15.0 Å². The van der Waals surface area contributed by atoms with Crippen molar-refractivity contribution in [3.63, 3.8) is 0 Å². The van der Waals surface area contributed by atoms with Crippen LogP contribution in [-0.4, -0.2) is 63.6 Å². The van der Waals surface area contributed by atoms with Crippen molar-refractivity contribution in [2.45, 2.75) is 38.6 Å². The van der Waals surface area contributed by atoms with Crippen molar-refractivity contribution in [2.24, 2.45) is 0 Å². The molecule has 0 radical (unpaired) electrons. The van der Waals surface area contributed by atoms with E-state index in [9.17, 15) is 13.2 Å². The molecule has 0 aromatic rings. The van der Waals surface area contributed by atoms with Crippen LogP contribution in [0.4, 0.5) is 0 Å². The third-order valence-corrected chi connectivity index (χ3v) is 5.63. The van der Waals surface area contributed by atoms with E-state index in [4.69, 9.17) is 10.00 Å². The van der Waals surface area contributed by atoms with Crippen LogP contribution < -0.4 is 5.32 Å². The van der Waals surface area contributed by atoms with Crippen molar-refractivity contribution in [1.29, 1.82) is 5.26 Å². The fourth-order valence-corrected chi connectivity index (χ4v) is 4.15. The molecule has 0 aliphatic carbocycles. The monoisotopic (exact) mass is 357 g/mol. The third kappa shape index (κ3) is 7.32. The molecule has 136 valence electrons. The summed E-state index contributed by atoms with van der Waals surface area (Å²) in [5, 5.41) is 11.8. The molecule has 1 fully saturated rings. The second-order valence-electron chi connectivity index (χ2n) is 5.95. The topological polar surface area (TPSA) is 99.5 Å². The lowest BCUT2D eigenvalue weighted by Gasteiger charge is -2.21. The average Bonchev–Trinajstić information content (AvgIpc) is 2.91. The van der Waals surface area contributed by atoms with Crippen molar-refractivity contribution in [3.8, 4) is 6.07 Å². The molecule has 1 aliphatic rings. The van der Waals surface area contributed by atoms with Gasteiger partial charge in [0, 0.05) is 39.0 Å². The second kappa shape index (κ2) is 10.3. The van der Waals surface area contributed by atoms with Crippen LogP contribution >= 0.6 is 0 Å². The molecule has 1 aliphatic heterocycles. The van der Waals surface area contributed by atoms with E-state index in [0.717, 1.165) is 19.4 Å². The van der Waals surface area contributed by atoms with Gasteiger partial charge in [0.05, 0.1) is 11.5 Å². The fourth-order valence-electron chi connectivity index (χ4n) is 2.36. The van der Waals surface area contributed by atoms with Crippen LogP contribution in [0.3, 0.4) is 0 Å². The lowest BCUT2D eigenvalue weighted by Crippen LogP contribution is -2.31. The maximum atomic E-state index is 12.0. The number of nitrogens with zero attached hydrogens (tertiary/aromatic N) is 2. The van der Waals surface area contributed by atoms with Crippen LogP contribution in [0.2, 0.25) is 0 Å². The number of carbonyl (C=O) groups excluding carboxylic acids is 1. The Balaban J connectivity index is 2.39. The summed E-state index contributed by atoms with van der Waals surface area (Å²) in [7, 11) is -1.31. The Bertz CT molecular complexity index is 581. The van der Waals surface area contributed by atoms with Crippen LogP contribution in [0, 0.1) is 11.3 Å². The highest BCUT2D eigenvalue weighted by molar-refractivity contribution is 7.91. The third-order valence-electron chi connectivity index (χ3n) is 3.88. The normalized spacial score (nSPS) is 19.7. The van der Waals surface area contributed by atoms with E-state index in [1.54, 1.807) is 11.9 Å².